The van der Waals surface area contributed by atoms with Gasteiger partial charge in [0.25, 0.3) is 11.8 Å². The van der Waals surface area contributed by atoms with Crippen molar-refractivity contribution in [1.29, 1.82) is 0 Å². The first-order chi connectivity index (χ1) is 17.5. The third-order valence-corrected chi connectivity index (χ3v) is 6.78. The van der Waals surface area contributed by atoms with E-state index < -0.39 is 6.04 Å². The van der Waals surface area contributed by atoms with E-state index in [1.807, 2.05) is 36.4 Å². The Bertz CT molecular complexity index is 1130. The molecule has 2 unspecified atom stereocenters. The van der Waals surface area contributed by atoms with Crippen LogP contribution in [0.2, 0.25) is 5.02 Å². The number of nitrogens with one attached hydrogen (secondary N) is 2. The van der Waals surface area contributed by atoms with E-state index in [1.54, 1.807) is 24.3 Å². The fourth-order valence-electron chi connectivity index (χ4n) is 4.41. The van der Waals surface area contributed by atoms with Gasteiger partial charge in [-0.3, -0.25) is 14.6 Å². The molecule has 1 fully saturated rings. The van der Waals surface area contributed by atoms with Gasteiger partial charge >= 0.3 is 0 Å². The zero-order valence-corrected chi connectivity index (χ0v) is 21.0. The molecule has 1 saturated carbocycles. The second-order valence-electron chi connectivity index (χ2n) is 9.29. The van der Waals surface area contributed by atoms with Gasteiger partial charge in [-0.2, -0.15) is 0 Å². The minimum absolute atomic E-state index is 0.275. The average Bonchev–Trinajstić information content (AvgIpc) is 3.68. The standard InChI is InChI=1S/C29H33ClN4O2/c30-24-16-14-23(15-17-24)28(35)33-26(29(36)34(31)20-21-9-3-1-4-10-21)13-7-8-18-32-27-19-25(27)22-11-5-2-6-12-22/h1-6,9-12,14-17,25-27,32H,7-8,13,18-20,31H2,(H,33,35)/t25?,26-,27?/m0/s1. The van der Waals surface area contributed by atoms with E-state index >= 15 is 0 Å². The summed E-state index contributed by atoms with van der Waals surface area (Å²) in [4.78, 5) is 26.0. The normalized spacial score (nSPS) is 17.3. The third-order valence-electron chi connectivity index (χ3n) is 6.53. The molecule has 0 bridgehead atoms. The molecule has 2 amide bonds. The molecule has 0 saturated heterocycles. The summed E-state index contributed by atoms with van der Waals surface area (Å²) in [6.45, 7) is 1.15. The van der Waals surface area contributed by atoms with E-state index in [0.717, 1.165) is 31.4 Å². The topological polar surface area (TPSA) is 87.5 Å². The van der Waals surface area contributed by atoms with E-state index in [1.165, 1.54) is 10.6 Å². The molecule has 4 rings (SSSR count). The smallest absolute Gasteiger partial charge is 0.259 e. The molecular formula is C29H33ClN4O2. The molecule has 1 aliphatic rings. The van der Waals surface area contributed by atoms with Gasteiger partial charge in [0, 0.05) is 22.5 Å². The van der Waals surface area contributed by atoms with E-state index in [0.29, 0.717) is 29.0 Å². The number of unbranched alkanes of at least 4 members (excludes halogenated alkanes) is 1. The summed E-state index contributed by atoms with van der Waals surface area (Å²) in [5.74, 6) is 6.10. The summed E-state index contributed by atoms with van der Waals surface area (Å²) in [5, 5.41) is 8.24. The number of nitrogens with two attached hydrogens (primary N) is 1. The fourth-order valence-corrected chi connectivity index (χ4v) is 4.53. The first-order valence-electron chi connectivity index (χ1n) is 12.5. The molecule has 0 heterocycles. The van der Waals surface area contributed by atoms with Crippen molar-refractivity contribution < 1.29 is 9.59 Å². The molecule has 6 nitrogen and oxygen atoms in total. The predicted molar refractivity (Wildman–Crippen MR) is 143 cm³/mol. The van der Waals surface area contributed by atoms with Crippen molar-refractivity contribution in [2.75, 3.05) is 6.54 Å². The quantitative estimate of drug-likeness (QED) is 0.145. The van der Waals surface area contributed by atoms with Crippen LogP contribution in [0.3, 0.4) is 0 Å². The number of benzene rings is 3. The average molecular weight is 505 g/mol. The van der Waals surface area contributed by atoms with Crippen LogP contribution in [-0.4, -0.2) is 35.5 Å². The van der Waals surface area contributed by atoms with Gasteiger partial charge in [-0.25, -0.2) is 5.84 Å². The predicted octanol–water partition coefficient (Wildman–Crippen LogP) is 4.66. The Hall–Kier alpha value is -3.19. The summed E-state index contributed by atoms with van der Waals surface area (Å²) in [6, 6.07) is 26.5. The lowest BCUT2D eigenvalue weighted by Crippen LogP contribution is -2.51. The van der Waals surface area contributed by atoms with Gasteiger partial charge in [-0.05, 0) is 67.6 Å². The largest absolute Gasteiger partial charge is 0.340 e. The SMILES string of the molecule is NN(Cc1ccccc1)C(=O)[C@H](CCCCNC1CC1c1ccccc1)NC(=O)c1ccc(Cl)cc1. The van der Waals surface area contributed by atoms with Crippen LogP contribution in [-0.2, 0) is 11.3 Å². The Labute approximate surface area is 217 Å². The summed E-state index contributed by atoms with van der Waals surface area (Å²) < 4.78 is 0. The molecule has 36 heavy (non-hydrogen) atoms. The van der Waals surface area contributed by atoms with Crippen LogP contribution < -0.4 is 16.5 Å². The Kier molecular flexibility index (Phi) is 9.11. The molecule has 0 aliphatic heterocycles. The van der Waals surface area contributed by atoms with Gasteiger partial charge in [0.05, 0.1) is 6.54 Å². The van der Waals surface area contributed by atoms with Crippen LogP contribution in [0, 0.1) is 0 Å². The van der Waals surface area contributed by atoms with E-state index in [2.05, 4.69) is 34.9 Å². The Morgan fingerprint density at radius 1 is 0.944 bits per heavy atom. The zero-order valence-electron chi connectivity index (χ0n) is 20.3. The highest BCUT2D eigenvalue weighted by Crippen LogP contribution is 2.40. The Balaban J connectivity index is 1.29. The van der Waals surface area contributed by atoms with Gasteiger partial charge in [0.1, 0.15) is 6.04 Å². The highest BCUT2D eigenvalue weighted by molar-refractivity contribution is 6.30. The van der Waals surface area contributed by atoms with Crippen LogP contribution in [0.25, 0.3) is 0 Å². The molecule has 0 spiro atoms. The number of amides is 2. The summed E-state index contributed by atoms with van der Waals surface area (Å²) >= 11 is 5.94. The maximum Gasteiger partial charge on any atom is 0.259 e. The van der Waals surface area contributed by atoms with E-state index in [4.69, 9.17) is 17.4 Å². The number of nitrogens with zero attached hydrogens (tertiary/aromatic N) is 1. The van der Waals surface area contributed by atoms with Gasteiger partial charge in [-0.15, -0.1) is 0 Å². The number of rotatable bonds is 12. The summed E-state index contributed by atoms with van der Waals surface area (Å²) in [7, 11) is 0. The highest BCUT2D eigenvalue weighted by Gasteiger charge is 2.37. The number of halogens is 1. The first kappa shape index (κ1) is 25.9. The van der Waals surface area contributed by atoms with Crippen LogP contribution in [0.4, 0.5) is 0 Å². The van der Waals surface area contributed by atoms with Gasteiger partial charge in [0.2, 0.25) is 0 Å². The van der Waals surface area contributed by atoms with Gasteiger partial charge < -0.3 is 10.6 Å². The van der Waals surface area contributed by atoms with Crippen molar-refractivity contribution in [1.82, 2.24) is 15.6 Å². The van der Waals surface area contributed by atoms with E-state index in [-0.39, 0.29) is 18.4 Å². The lowest BCUT2D eigenvalue weighted by atomic mass is 10.1. The number of carbonyl (C=O) groups is 2. The third kappa shape index (κ3) is 7.40. The molecule has 3 atom stereocenters. The molecule has 7 heteroatoms. The van der Waals surface area contributed by atoms with Crippen LogP contribution in [0.5, 0.6) is 0 Å². The van der Waals surface area contributed by atoms with Crippen molar-refractivity contribution in [3.8, 4) is 0 Å². The Morgan fingerprint density at radius 3 is 2.31 bits per heavy atom. The fraction of sp³-hybridized carbons (Fsp3) is 0.310. The van der Waals surface area contributed by atoms with Crippen molar-refractivity contribution >= 4 is 23.4 Å². The van der Waals surface area contributed by atoms with Crippen molar-refractivity contribution in [2.45, 2.75) is 50.2 Å². The maximum absolute atomic E-state index is 13.2. The number of carbonyl (C=O) groups excluding carboxylic acids is 2. The molecule has 3 aromatic rings. The molecular weight excluding hydrogens is 472 g/mol. The molecule has 0 radical (unpaired) electrons. The minimum Gasteiger partial charge on any atom is -0.340 e. The maximum atomic E-state index is 13.2. The van der Waals surface area contributed by atoms with Gasteiger partial charge in [-0.1, -0.05) is 72.3 Å². The number of hydrogen-bond donors (Lipinski definition) is 3. The molecule has 188 valence electrons. The number of hydrogen-bond acceptors (Lipinski definition) is 4. The molecule has 4 N–H and O–H groups in total. The summed E-state index contributed by atoms with van der Waals surface area (Å²) in [5.41, 5.74) is 2.76. The lowest BCUT2D eigenvalue weighted by Gasteiger charge is -2.24. The Morgan fingerprint density at radius 2 is 1.61 bits per heavy atom. The lowest BCUT2D eigenvalue weighted by molar-refractivity contribution is -0.134. The van der Waals surface area contributed by atoms with Crippen molar-refractivity contribution in [3.63, 3.8) is 0 Å². The van der Waals surface area contributed by atoms with Crippen molar-refractivity contribution in [3.05, 3.63) is 107 Å². The molecule has 3 aromatic carbocycles. The number of hydrazine groups is 1. The van der Waals surface area contributed by atoms with Crippen LogP contribution >= 0.6 is 11.6 Å². The molecule has 1 aliphatic carbocycles. The first-order valence-corrected chi connectivity index (χ1v) is 12.8. The zero-order chi connectivity index (χ0) is 25.3. The van der Waals surface area contributed by atoms with Crippen LogP contribution in [0.1, 0.15) is 53.1 Å². The second kappa shape index (κ2) is 12.7. The van der Waals surface area contributed by atoms with Crippen LogP contribution in [0.15, 0.2) is 84.9 Å². The highest BCUT2D eigenvalue weighted by atomic mass is 35.5. The molecule has 0 aromatic heterocycles. The van der Waals surface area contributed by atoms with Gasteiger partial charge in [0.15, 0.2) is 0 Å². The summed E-state index contributed by atoms with van der Waals surface area (Å²) in [6.07, 6.45) is 3.35. The second-order valence-corrected chi connectivity index (χ2v) is 9.73. The van der Waals surface area contributed by atoms with E-state index in [9.17, 15) is 9.59 Å². The monoisotopic (exact) mass is 504 g/mol. The van der Waals surface area contributed by atoms with Crippen molar-refractivity contribution in [2.24, 2.45) is 5.84 Å². The minimum atomic E-state index is -0.708.